The van der Waals surface area contributed by atoms with Crippen molar-refractivity contribution in [2.45, 2.75) is 6.54 Å². The SMILES string of the molecule is S=c1[nH]nc(-c2nc(-c3ccccc3)n(-c3ccccc3)n2)n1Cc1ccccc1. The highest BCUT2D eigenvalue weighted by Crippen LogP contribution is 2.25. The second kappa shape index (κ2) is 7.88. The van der Waals surface area contributed by atoms with Crippen LogP contribution in [0, 0.1) is 4.77 Å². The Morgan fingerprint density at radius 2 is 1.40 bits per heavy atom. The molecule has 146 valence electrons. The monoisotopic (exact) mass is 410 g/mol. The van der Waals surface area contributed by atoms with Gasteiger partial charge in [-0.3, -0.25) is 9.67 Å². The van der Waals surface area contributed by atoms with Crippen molar-refractivity contribution in [3.8, 4) is 28.7 Å². The van der Waals surface area contributed by atoms with E-state index in [1.54, 1.807) is 0 Å². The molecule has 7 heteroatoms. The van der Waals surface area contributed by atoms with E-state index in [4.69, 9.17) is 22.3 Å². The number of nitrogens with one attached hydrogen (secondary N) is 1. The van der Waals surface area contributed by atoms with Gasteiger partial charge in [-0.1, -0.05) is 78.9 Å². The molecule has 6 nitrogen and oxygen atoms in total. The zero-order valence-corrected chi connectivity index (χ0v) is 16.8. The Hall–Kier alpha value is -3.84. The van der Waals surface area contributed by atoms with Crippen LogP contribution in [0.1, 0.15) is 5.56 Å². The zero-order valence-electron chi connectivity index (χ0n) is 16.0. The van der Waals surface area contributed by atoms with Gasteiger partial charge < -0.3 is 0 Å². The molecule has 0 spiro atoms. The molecular weight excluding hydrogens is 392 g/mol. The van der Waals surface area contributed by atoms with Crippen LogP contribution in [0.3, 0.4) is 0 Å². The quantitative estimate of drug-likeness (QED) is 0.419. The molecule has 0 aliphatic rings. The summed E-state index contributed by atoms with van der Waals surface area (Å²) in [5.74, 6) is 1.87. The summed E-state index contributed by atoms with van der Waals surface area (Å²) in [7, 11) is 0. The molecule has 0 bridgehead atoms. The van der Waals surface area contributed by atoms with Crippen LogP contribution in [0.25, 0.3) is 28.7 Å². The maximum Gasteiger partial charge on any atom is 0.220 e. The number of hydrogen-bond acceptors (Lipinski definition) is 4. The fraction of sp³-hybridized carbons (Fsp3) is 0.0435. The molecule has 2 aromatic heterocycles. The average molecular weight is 411 g/mol. The third-order valence-corrected chi connectivity index (χ3v) is 5.09. The lowest BCUT2D eigenvalue weighted by Gasteiger charge is -2.05. The molecule has 0 saturated carbocycles. The molecule has 0 radical (unpaired) electrons. The summed E-state index contributed by atoms with van der Waals surface area (Å²) in [6.45, 7) is 0.589. The van der Waals surface area contributed by atoms with Gasteiger partial charge in [-0.15, -0.1) is 5.10 Å². The highest BCUT2D eigenvalue weighted by Gasteiger charge is 2.19. The van der Waals surface area contributed by atoms with E-state index in [0.29, 0.717) is 23.0 Å². The lowest BCUT2D eigenvalue weighted by atomic mass is 10.2. The van der Waals surface area contributed by atoms with Gasteiger partial charge in [0.2, 0.25) is 11.6 Å². The third-order valence-electron chi connectivity index (χ3n) is 4.78. The fourth-order valence-corrected chi connectivity index (χ4v) is 3.53. The van der Waals surface area contributed by atoms with E-state index >= 15 is 0 Å². The first kappa shape index (κ1) is 18.2. The lowest BCUT2D eigenvalue weighted by molar-refractivity contribution is 0.781. The van der Waals surface area contributed by atoms with Crippen molar-refractivity contribution in [1.82, 2.24) is 29.5 Å². The van der Waals surface area contributed by atoms with Crippen molar-refractivity contribution in [3.05, 3.63) is 101 Å². The summed E-state index contributed by atoms with van der Waals surface area (Å²) < 4.78 is 4.30. The van der Waals surface area contributed by atoms with Gasteiger partial charge in [-0.05, 0) is 29.9 Å². The Morgan fingerprint density at radius 1 is 0.767 bits per heavy atom. The minimum Gasteiger partial charge on any atom is -0.293 e. The maximum atomic E-state index is 5.48. The van der Waals surface area contributed by atoms with Crippen LogP contribution < -0.4 is 0 Å². The van der Waals surface area contributed by atoms with E-state index in [9.17, 15) is 0 Å². The normalized spacial score (nSPS) is 10.9. The van der Waals surface area contributed by atoms with Crippen LogP contribution in [0.4, 0.5) is 0 Å². The van der Waals surface area contributed by atoms with Crippen molar-refractivity contribution in [2.75, 3.05) is 0 Å². The molecule has 3 aromatic carbocycles. The van der Waals surface area contributed by atoms with E-state index in [2.05, 4.69) is 22.3 Å². The number of aromatic amines is 1. The van der Waals surface area contributed by atoms with Gasteiger partial charge in [0.05, 0.1) is 12.2 Å². The summed E-state index contributed by atoms with van der Waals surface area (Å²) >= 11 is 5.48. The summed E-state index contributed by atoms with van der Waals surface area (Å²) in [6.07, 6.45) is 0. The smallest absolute Gasteiger partial charge is 0.220 e. The Labute approximate surface area is 178 Å². The molecule has 0 aliphatic heterocycles. The van der Waals surface area contributed by atoms with Crippen LogP contribution in [-0.2, 0) is 6.54 Å². The van der Waals surface area contributed by atoms with Crippen LogP contribution in [0.2, 0.25) is 0 Å². The minimum atomic E-state index is 0.515. The summed E-state index contributed by atoms with van der Waals surface area (Å²) in [5, 5.41) is 12.1. The average Bonchev–Trinajstić information content (AvgIpc) is 3.40. The first-order valence-corrected chi connectivity index (χ1v) is 9.98. The second-order valence-corrected chi connectivity index (χ2v) is 7.18. The van der Waals surface area contributed by atoms with E-state index in [1.807, 2.05) is 88.1 Å². The Bertz CT molecular complexity index is 1260. The first-order chi connectivity index (χ1) is 14.8. The number of nitrogens with zero attached hydrogens (tertiary/aromatic N) is 5. The largest absolute Gasteiger partial charge is 0.293 e. The highest BCUT2D eigenvalue weighted by atomic mass is 32.1. The molecule has 0 amide bonds. The topological polar surface area (TPSA) is 64.3 Å². The molecule has 5 aromatic rings. The van der Waals surface area contributed by atoms with Crippen molar-refractivity contribution < 1.29 is 0 Å². The third kappa shape index (κ3) is 3.46. The van der Waals surface area contributed by atoms with Crippen molar-refractivity contribution in [2.24, 2.45) is 0 Å². The van der Waals surface area contributed by atoms with Gasteiger partial charge in [0.25, 0.3) is 0 Å². The molecule has 0 saturated heterocycles. The van der Waals surface area contributed by atoms with E-state index in [1.165, 1.54) is 0 Å². The molecule has 1 N–H and O–H groups in total. The van der Waals surface area contributed by atoms with Gasteiger partial charge in [-0.2, -0.15) is 5.10 Å². The van der Waals surface area contributed by atoms with Crippen LogP contribution in [0.5, 0.6) is 0 Å². The Morgan fingerprint density at radius 3 is 2.10 bits per heavy atom. The molecular formula is C23H18N6S. The van der Waals surface area contributed by atoms with Crippen molar-refractivity contribution >= 4 is 12.2 Å². The van der Waals surface area contributed by atoms with Gasteiger partial charge in [0, 0.05) is 5.56 Å². The Kier molecular flexibility index (Phi) is 4.78. The summed E-state index contributed by atoms with van der Waals surface area (Å²) in [6, 6.07) is 30.1. The van der Waals surface area contributed by atoms with Crippen molar-refractivity contribution in [3.63, 3.8) is 0 Å². The first-order valence-electron chi connectivity index (χ1n) is 9.57. The van der Waals surface area contributed by atoms with Gasteiger partial charge in [-0.25, -0.2) is 9.67 Å². The number of H-pyrrole nitrogens is 1. The van der Waals surface area contributed by atoms with Crippen LogP contribution in [-0.4, -0.2) is 29.5 Å². The van der Waals surface area contributed by atoms with Gasteiger partial charge >= 0.3 is 0 Å². The lowest BCUT2D eigenvalue weighted by Crippen LogP contribution is -2.04. The van der Waals surface area contributed by atoms with Gasteiger partial charge in [0.1, 0.15) is 0 Å². The van der Waals surface area contributed by atoms with Gasteiger partial charge in [0.15, 0.2) is 10.6 Å². The van der Waals surface area contributed by atoms with Crippen LogP contribution in [0.15, 0.2) is 91.0 Å². The number of para-hydroxylation sites is 1. The highest BCUT2D eigenvalue weighted by molar-refractivity contribution is 7.71. The maximum absolute atomic E-state index is 5.48. The Balaban J connectivity index is 1.65. The molecule has 30 heavy (non-hydrogen) atoms. The van der Waals surface area contributed by atoms with E-state index in [0.717, 1.165) is 22.6 Å². The second-order valence-electron chi connectivity index (χ2n) is 6.80. The zero-order chi connectivity index (χ0) is 20.3. The predicted octanol–water partition coefficient (Wildman–Crippen LogP) is 4.90. The van der Waals surface area contributed by atoms with E-state index in [-0.39, 0.29) is 0 Å². The van der Waals surface area contributed by atoms with E-state index < -0.39 is 0 Å². The fourth-order valence-electron chi connectivity index (χ4n) is 3.33. The molecule has 2 heterocycles. The number of rotatable bonds is 5. The standard InChI is InChI=1S/C23H18N6S/c30-23-26-25-22(28(23)16-17-10-4-1-5-11-17)20-24-21(18-12-6-2-7-13-18)29(27-20)19-14-8-3-9-15-19/h1-15H,16H2,(H,26,30). The molecule has 0 atom stereocenters. The van der Waals surface area contributed by atoms with Crippen LogP contribution >= 0.6 is 12.2 Å². The van der Waals surface area contributed by atoms with Crippen molar-refractivity contribution in [1.29, 1.82) is 0 Å². The summed E-state index contributed by atoms with van der Waals surface area (Å²) in [5.41, 5.74) is 3.03. The minimum absolute atomic E-state index is 0.515. The summed E-state index contributed by atoms with van der Waals surface area (Å²) in [4.78, 5) is 4.84. The number of aromatic nitrogens is 6. The molecule has 0 unspecified atom stereocenters. The number of hydrogen-bond donors (Lipinski definition) is 1. The molecule has 0 aliphatic carbocycles. The number of benzene rings is 3. The predicted molar refractivity (Wildman–Crippen MR) is 119 cm³/mol. The molecule has 5 rings (SSSR count). The molecule has 0 fully saturated rings.